The molecule has 0 bridgehead atoms. The number of carbonyl (C=O) groups excluding carboxylic acids is 1. The fraction of sp³-hybridized carbons (Fsp3) is 0.286. The zero-order valence-corrected chi connectivity index (χ0v) is 15.7. The van der Waals surface area contributed by atoms with Crippen LogP contribution in [0.25, 0.3) is 11.3 Å². The lowest BCUT2D eigenvalue weighted by atomic mass is 9.92. The molecule has 0 N–H and O–H groups in total. The SMILES string of the molecule is Cn1c(N2CCCC(C(=O)c3ccccn3)C2)nc(-c2ccncc2)cc1=O. The van der Waals surface area contributed by atoms with Gasteiger partial charge in [0.2, 0.25) is 5.95 Å². The molecule has 1 unspecified atom stereocenters. The van der Waals surface area contributed by atoms with E-state index in [2.05, 4.69) is 9.97 Å². The number of rotatable bonds is 4. The van der Waals surface area contributed by atoms with Gasteiger partial charge in [0, 0.05) is 56.3 Å². The Morgan fingerprint density at radius 2 is 1.96 bits per heavy atom. The highest BCUT2D eigenvalue weighted by Gasteiger charge is 2.29. The second kappa shape index (κ2) is 7.72. The average Bonchev–Trinajstić information content (AvgIpc) is 2.76. The zero-order chi connectivity index (χ0) is 19.5. The van der Waals surface area contributed by atoms with Gasteiger partial charge in [0.1, 0.15) is 5.69 Å². The van der Waals surface area contributed by atoms with E-state index in [9.17, 15) is 9.59 Å². The van der Waals surface area contributed by atoms with E-state index < -0.39 is 0 Å². The van der Waals surface area contributed by atoms with E-state index in [0.717, 1.165) is 24.9 Å². The van der Waals surface area contributed by atoms with Crippen LogP contribution in [-0.2, 0) is 7.05 Å². The third-order valence-corrected chi connectivity index (χ3v) is 5.08. The lowest BCUT2D eigenvalue weighted by molar-refractivity contribution is 0.0901. The molecule has 0 aliphatic carbocycles. The second-order valence-corrected chi connectivity index (χ2v) is 6.94. The lowest BCUT2D eigenvalue weighted by Gasteiger charge is -2.33. The van der Waals surface area contributed by atoms with Crippen molar-refractivity contribution in [2.45, 2.75) is 12.8 Å². The number of Topliss-reactive ketones (excluding diaryl/α,β-unsaturated/α-hetero) is 1. The first-order valence-electron chi connectivity index (χ1n) is 9.32. The molecule has 3 aromatic heterocycles. The number of aromatic nitrogens is 4. The van der Waals surface area contributed by atoms with Crippen LogP contribution in [-0.4, -0.2) is 38.4 Å². The van der Waals surface area contributed by atoms with Crippen molar-refractivity contribution in [1.82, 2.24) is 19.5 Å². The first kappa shape index (κ1) is 18.0. The molecule has 1 aliphatic rings. The zero-order valence-electron chi connectivity index (χ0n) is 15.7. The van der Waals surface area contributed by atoms with E-state index in [1.54, 1.807) is 37.8 Å². The van der Waals surface area contributed by atoms with E-state index in [4.69, 9.17) is 4.98 Å². The molecule has 0 spiro atoms. The number of ketones is 1. The summed E-state index contributed by atoms with van der Waals surface area (Å²) in [4.78, 5) is 40.3. The molecule has 7 nitrogen and oxygen atoms in total. The maximum absolute atomic E-state index is 12.8. The van der Waals surface area contributed by atoms with Gasteiger partial charge in [-0.25, -0.2) is 4.98 Å². The molecule has 3 aromatic rings. The summed E-state index contributed by atoms with van der Waals surface area (Å²) in [6.07, 6.45) is 6.66. The third-order valence-electron chi connectivity index (χ3n) is 5.08. The molecule has 0 aromatic carbocycles. The first-order chi connectivity index (χ1) is 13.6. The van der Waals surface area contributed by atoms with Crippen molar-refractivity contribution in [3.63, 3.8) is 0 Å². The molecule has 1 fully saturated rings. The summed E-state index contributed by atoms with van der Waals surface area (Å²) in [5, 5.41) is 0. The second-order valence-electron chi connectivity index (χ2n) is 6.94. The lowest BCUT2D eigenvalue weighted by Crippen LogP contribution is -2.42. The van der Waals surface area contributed by atoms with Gasteiger partial charge < -0.3 is 4.90 Å². The molecule has 7 heteroatoms. The highest BCUT2D eigenvalue weighted by molar-refractivity contribution is 5.96. The summed E-state index contributed by atoms with van der Waals surface area (Å²) in [5.74, 6) is 0.462. The largest absolute Gasteiger partial charge is 0.341 e. The van der Waals surface area contributed by atoms with Crippen molar-refractivity contribution in [2.75, 3.05) is 18.0 Å². The highest BCUT2D eigenvalue weighted by Crippen LogP contribution is 2.25. The van der Waals surface area contributed by atoms with Crippen LogP contribution in [0.5, 0.6) is 0 Å². The molecule has 1 aliphatic heterocycles. The minimum atomic E-state index is -0.162. The molecule has 1 saturated heterocycles. The Bertz CT molecular complexity index is 1030. The molecule has 0 radical (unpaired) electrons. The topological polar surface area (TPSA) is 81.0 Å². The van der Waals surface area contributed by atoms with Crippen molar-refractivity contribution in [3.8, 4) is 11.3 Å². The number of hydrogen-bond acceptors (Lipinski definition) is 6. The van der Waals surface area contributed by atoms with Crippen LogP contribution in [0.3, 0.4) is 0 Å². The van der Waals surface area contributed by atoms with E-state index in [1.165, 1.54) is 10.6 Å². The minimum Gasteiger partial charge on any atom is -0.341 e. The Labute approximate surface area is 162 Å². The van der Waals surface area contributed by atoms with Crippen molar-refractivity contribution in [2.24, 2.45) is 13.0 Å². The summed E-state index contributed by atoms with van der Waals surface area (Å²) in [7, 11) is 1.71. The van der Waals surface area contributed by atoms with Crippen LogP contribution >= 0.6 is 0 Å². The monoisotopic (exact) mass is 375 g/mol. The van der Waals surface area contributed by atoms with Crippen LogP contribution in [0.2, 0.25) is 0 Å². The van der Waals surface area contributed by atoms with Crippen LogP contribution in [0.4, 0.5) is 5.95 Å². The van der Waals surface area contributed by atoms with Gasteiger partial charge in [-0.05, 0) is 37.1 Å². The fourth-order valence-electron chi connectivity index (χ4n) is 3.57. The van der Waals surface area contributed by atoms with Crippen molar-refractivity contribution in [3.05, 3.63) is 71.0 Å². The average molecular weight is 375 g/mol. The maximum atomic E-state index is 12.8. The fourth-order valence-corrected chi connectivity index (χ4v) is 3.57. The van der Waals surface area contributed by atoms with Crippen LogP contribution < -0.4 is 10.5 Å². The number of carbonyl (C=O) groups is 1. The minimum absolute atomic E-state index is 0.0422. The summed E-state index contributed by atoms with van der Waals surface area (Å²) in [6, 6.07) is 10.6. The summed E-state index contributed by atoms with van der Waals surface area (Å²) in [5.41, 5.74) is 1.81. The third kappa shape index (κ3) is 3.55. The van der Waals surface area contributed by atoms with E-state index in [1.807, 2.05) is 23.1 Å². The summed E-state index contributed by atoms with van der Waals surface area (Å²) < 4.78 is 1.54. The molecular weight excluding hydrogens is 354 g/mol. The maximum Gasteiger partial charge on any atom is 0.255 e. The van der Waals surface area contributed by atoms with E-state index >= 15 is 0 Å². The number of nitrogens with zero attached hydrogens (tertiary/aromatic N) is 5. The van der Waals surface area contributed by atoms with Crippen molar-refractivity contribution in [1.29, 1.82) is 0 Å². The number of hydrogen-bond donors (Lipinski definition) is 0. The van der Waals surface area contributed by atoms with Gasteiger partial charge in [-0.3, -0.25) is 24.1 Å². The molecule has 4 heterocycles. The van der Waals surface area contributed by atoms with Crippen LogP contribution in [0.1, 0.15) is 23.3 Å². The Balaban J connectivity index is 1.64. The predicted octanol–water partition coefficient (Wildman–Crippen LogP) is 2.34. The van der Waals surface area contributed by atoms with Gasteiger partial charge in [0.15, 0.2) is 5.78 Å². The Hall–Kier alpha value is -3.35. The molecule has 142 valence electrons. The van der Waals surface area contributed by atoms with Gasteiger partial charge in [0.05, 0.1) is 5.69 Å². The number of piperidine rings is 1. The molecular formula is C21H21N5O2. The highest BCUT2D eigenvalue weighted by atomic mass is 16.1. The molecule has 0 amide bonds. The number of pyridine rings is 2. The van der Waals surface area contributed by atoms with Gasteiger partial charge in [-0.1, -0.05) is 6.07 Å². The van der Waals surface area contributed by atoms with Gasteiger partial charge in [0.25, 0.3) is 5.56 Å². The Morgan fingerprint density at radius 3 is 2.71 bits per heavy atom. The van der Waals surface area contributed by atoms with Gasteiger partial charge >= 0.3 is 0 Å². The first-order valence-corrected chi connectivity index (χ1v) is 9.32. The number of anilines is 1. The van der Waals surface area contributed by atoms with Crippen molar-refractivity contribution < 1.29 is 4.79 Å². The van der Waals surface area contributed by atoms with E-state index in [0.29, 0.717) is 23.9 Å². The normalized spacial score (nSPS) is 16.8. The smallest absolute Gasteiger partial charge is 0.255 e. The van der Waals surface area contributed by atoms with Crippen molar-refractivity contribution >= 4 is 11.7 Å². The Morgan fingerprint density at radius 1 is 1.14 bits per heavy atom. The molecule has 4 rings (SSSR count). The summed E-state index contributed by atoms with van der Waals surface area (Å²) >= 11 is 0. The van der Waals surface area contributed by atoms with Gasteiger partial charge in [-0.15, -0.1) is 0 Å². The molecule has 28 heavy (non-hydrogen) atoms. The summed E-state index contributed by atoms with van der Waals surface area (Å²) in [6.45, 7) is 1.28. The van der Waals surface area contributed by atoms with E-state index in [-0.39, 0.29) is 17.3 Å². The van der Waals surface area contributed by atoms with Gasteiger partial charge in [-0.2, -0.15) is 0 Å². The Kier molecular flexibility index (Phi) is 4.97. The predicted molar refractivity (Wildman–Crippen MR) is 106 cm³/mol. The standard InChI is InChI=1S/C21H21N5O2/c1-25-19(27)13-18(15-7-10-22-11-8-15)24-21(25)26-12-4-5-16(14-26)20(28)17-6-2-3-9-23-17/h2-3,6-11,13,16H,4-5,12,14H2,1H3. The van der Waals surface area contributed by atoms with Crippen LogP contribution in [0.15, 0.2) is 59.8 Å². The quantitative estimate of drug-likeness (QED) is 0.651. The van der Waals surface area contributed by atoms with Crippen LogP contribution in [0, 0.1) is 5.92 Å². The molecule has 1 atom stereocenters. The molecule has 0 saturated carbocycles.